The van der Waals surface area contributed by atoms with Gasteiger partial charge in [0.15, 0.2) is 0 Å². The molecule has 3 aromatic rings. The van der Waals surface area contributed by atoms with Gasteiger partial charge >= 0.3 is 0 Å². The number of sulfonamides is 1. The lowest BCUT2D eigenvalue weighted by atomic mass is 9.92. The molecule has 0 amide bonds. The lowest BCUT2D eigenvalue weighted by molar-refractivity contribution is 0.0819. The predicted octanol–water partition coefficient (Wildman–Crippen LogP) is 6.23. The fourth-order valence-electron chi connectivity index (χ4n) is 5.10. The van der Waals surface area contributed by atoms with Crippen molar-refractivity contribution in [2.24, 2.45) is 0 Å². The third-order valence-corrected chi connectivity index (χ3v) is 8.93. The number of fused-ring (bicyclic) bond motifs is 1. The molecule has 184 valence electrons. The van der Waals surface area contributed by atoms with Crippen molar-refractivity contribution in [1.29, 1.82) is 5.26 Å². The highest BCUT2D eigenvalue weighted by atomic mass is 32.2. The zero-order chi connectivity index (χ0) is 24.6. The van der Waals surface area contributed by atoms with Crippen LogP contribution in [0.4, 0.5) is 14.5 Å². The first kappa shape index (κ1) is 23.6. The first-order valence-electron chi connectivity index (χ1n) is 12.0. The van der Waals surface area contributed by atoms with Crippen molar-refractivity contribution in [3.63, 3.8) is 0 Å². The van der Waals surface area contributed by atoms with E-state index in [1.807, 2.05) is 12.1 Å². The van der Waals surface area contributed by atoms with Gasteiger partial charge in [0, 0.05) is 23.2 Å². The molecule has 1 heterocycles. The summed E-state index contributed by atoms with van der Waals surface area (Å²) in [5.74, 6) is 0.337. The number of aromatic nitrogens is 1. The van der Waals surface area contributed by atoms with Gasteiger partial charge in [-0.05, 0) is 61.9 Å². The Morgan fingerprint density at radius 3 is 2.37 bits per heavy atom. The summed E-state index contributed by atoms with van der Waals surface area (Å²) in [5, 5.41) is 10.4. The summed E-state index contributed by atoms with van der Waals surface area (Å²) in [6, 6.07) is 14.7. The van der Waals surface area contributed by atoms with E-state index in [2.05, 4.69) is 15.4 Å². The summed E-state index contributed by atoms with van der Waals surface area (Å²) < 4.78 is 60.7. The first-order valence-corrected chi connectivity index (χ1v) is 13.5. The number of hydrogen-bond acceptors (Lipinski definition) is 4. The number of ether oxygens (including phenoxy) is 1. The van der Waals surface area contributed by atoms with Gasteiger partial charge < -0.3 is 9.30 Å². The minimum atomic E-state index is -3.43. The average molecular weight is 500 g/mol. The maximum atomic E-state index is 12.7. The highest BCUT2D eigenvalue weighted by molar-refractivity contribution is 7.93. The Bertz CT molecular complexity index is 1370. The smallest absolute Gasteiger partial charge is 0.272 e. The van der Waals surface area contributed by atoms with Crippen LogP contribution in [0.5, 0.6) is 5.75 Å². The van der Waals surface area contributed by atoms with E-state index in [0.717, 1.165) is 54.3 Å². The second-order valence-corrected chi connectivity index (χ2v) is 11.3. The number of nitrogens with one attached hydrogen (secondary N) is 1. The summed E-state index contributed by atoms with van der Waals surface area (Å²) >= 11 is 0. The van der Waals surface area contributed by atoms with E-state index in [9.17, 15) is 22.5 Å². The molecule has 0 atom stereocenters. The fraction of sp³-hybridized carbons (Fsp3) is 0.423. The molecule has 1 aromatic heterocycles. The minimum Gasteiger partial charge on any atom is -0.488 e. The molecule has 0 aliphatic heterocycles. The SMILES string of the molecule is N#Cc1c(-c2ccc(NS(=O)(=O)C3CCCC3)cc2)n(C2CCC2)c2cc(OCC(F)F)ccc12. The number of hydrogen-bond donors (Lipinski definition) is 1. The monoisotopic (exact) mass is 499 g/mol. The lowest BCUT2D eigenvalue weighted by Gasteiger charge is -2.30. The maximum absolute atomic E-state index is 12.7. The van der Waals surface area contributed by atoms with Crippen LogP contribution in [0.2, 0.25) is 0 Å². The van der Waals surface area contributed by atoms with Crippen LogP contribution >= 0.6 is 0 Å². The number of nitriles is 1. The number of benzene rings is 2. The number of alkyl halides is 2. The second kappa shape index (κ2) is 9.50. The van der Waals surface area contributed by atoms with Crippen LogP contribution < -0.4 is 9.46 Å². The molecule has 0 spiro atoms. The first-order chi connectivity index (χ1) is 16.9. The molecular weight excluding hydrogens is 472 g/mol. The molecule has 5 rings (SSSR count). The molecule has 2 aliphatic rings. The van der Waals surface area contributed by atoms with E-state index in [4.69, 9.17) is 4.74 Å². The topological polar surface area (TPSA) is 84.1 Å². The van der Waals surface area contributed by atoms with Gasteiger partial charge in [-0.2, -0.15) is 5.26 Å². The Morgan fingerprint density at radius 1 is 1.06 bits per heavy atom. The Kier molecular flexibility index (Phi) is 6.41. The van der Waals surface area contributed by atoms with Crippen LogP contribution in [-0.4, -0.2) is 31.3 Å². The van der Waals surface area contributed by atoms with E-state index in [1.54, 1.807) is 30.3 Å². The van der Waals surface area contributed by atoms with Crippen LogP contribution in [0.25, 0.3) is 22.2 Å². The Morgan fingerprint density at radius 2 is 1.77 bits per heavy atom. The number of nitrogens with zero attached hydrogens (tertiary/aromatic N) is 2. The van der Waals surface area contributed by atoms with Crippen molar-refractivity contribution in [1.82, 2.24) is 4.57 Å². The number of anilines is 1. The summed E-state index contributed by atoms with van der Waals surface area (Å²) in [4.78, 5) is 0. The quantitative estimate of drug-likeness (QED) is 0.398. The fourth-order valence-corrected chi connectivity index (χ4v) is 6.69. The van der Waals surface area contributed by atoms with Crippen LogP contribution in [0, 0.1) is 11.3 Å². The van der Waals surface area contributed by atoms with E-state index < -0.39 is 23.1 Å². The Labute approximate surface area is 203 Å². The predicted molar refractivity (Wildman–Crippen MR) is 131 cm³/mol. The Hall–Kier alpha value is -3.12. The Balaban J connectivity index is 1.53. The van der Waals surface area contributed by atoms with Gasteiger partial charge in [0.05, 0.1) is 22.0 Å². The normalized spacial score (nSPS) is 17.0. The average Bonchev–Trinajstić information content (AvgIpc) is 3.45. The molecule has 2 aliphatic carbocycles. The second-order valence-electron chi connectivity index (χ2n) is 9.30. The highest BCUT2D eigenvalue weighted by Crippen LogP contribution is 2.43. The molecular formula is C26H27F2N3O3S. The standard InChI is InChI=1S/C26H27F2N3O3S/c27-25(28)16-34-20-12-13-22-23(15-29)26(31(24(22)14-20)19-4-3-5-19)17-8-10-18(11-9-17)30-35(32,33)21-6-1-2-7-21/h8-14,19,21,25,30H,1-7,16H2. The number of rotatable bonds is 8. The van der Waals surface area contributed by atoms with Crippen LogP contribution in [-0.2, 0) is 10.0 Å². The third kappa shape index (κ3) is 4.59. The molecule has 2 saturated carbocycles. The molecule has 6 nitrogen and oxygen atoms in total. The summed E-state index contributed by atoms with van der Waals surface area (Å²) in [7, 11) is -3.43. The molecule has 9 heteroatoms. The van der Waals surface area contributed by atoms with Gasteiger partial charge in [-0.3, -0.25) is 4.72 Å². The zero-order valence-corrected chi connectivity index (χ0v) is 20.0. The molecule has 0 unspecified atom stereocenters. The van der Waals surface area contributed by atoms with Gasteiger partial charge in [-0.1, -0.05) is 25.0 Å². The van der Waals surface area contributed by atoms with Crippen molar-refractivity contribution in [3.05, 3.63) is 48.0 Å². The van der Waals surface area contributed by atoms with Crippen molar-refractivity contribution in [2.75, 3.05) is 11.3 Å². The summed E-state index contributed by atoms with van der Waals surface area (Å²) in [6.07, 6.45) is 3.66. The van der Waals surface area contributed by atoms with Crippen molar-refractivity contribution in [3.8, 4) is 23.1 Å². The summed E-state index contributed by atoms with van der Waals surface area (Å²) in [6.45, 7) is -0.689. The van der Waals surface area contributed by atoms with Gasteiger partial charge in [0.25, 0.3) is 6.43 Å². The molecule has 0 saturated heterocycles. The van der Waals surface area contributed by atoms with Gasteiger partial charge in [0.2, 0.25) is 10.0 Å². The summed E-state index contributed by atoms with van der Waals surface area (Å²) in [5.41, 5.74) is 3.32. The molecule has 0 radical (unpaired) electrons. The zero-order valence-electron chi connectivity index (χ0n) is 19.2. The van der Waals surface area contributed by atoms with E-state index in [1.165, 1.54) is 0 Å². The van der Waals surface area contributed by atoms with Crippen LogP contribution in [0.15, 0.2) is 42.5 Å². The maximum Gasteiger partial charge on any atom is 0.272 e. The van der Waals surface area contributed by atoms with Gasteiger partial charge in [-0.25, -0.2) is 17.2 Å². The van der Waals surface area contributed by atoms with Crippen molar-refractivity contribution < 1.29 is 21.9 Å². The van der Waals surface area contributed by atoms with E-state index in [-0.39, 0.29) is 11.3 Å². The lowest BCUT2D eigenvalue weighted by Crippen LogP contribution is -2.25. The van der Waals surface area contributed by atoms with Crippen LogP contribution in [0.3, 0.4) is 0 Å². The molecule has 0 bridgehead atoms. The minimum absolute atomic E-state index is 0.195. The number of halogens is 2. The molecule has 2 fully saturated rings. The van der Waals surface area contributed by atoms with Gasteiger partial charge in [0.1, 0.15) is 18.4 Å². The van der Waals surface area contributed by atoms with Crippen molar-refractivity contribution in [2.45, 2.75) is 62.7 Å². The van der Waals surface area contributed by atoms with E-state index in [0.29, 0.717) is 29.8 Å². The highest BCUT2D eigenvalue weighted by Gasteiger charge is 2.30. The molecule has 35 heavy (non-hydrogen) atoms. The van der Waals surface area contributed by atoms with Gasteiger partial charge in [-0.15, -0.1) is 0 Å². The molecule has 2 aromatic carbocycles. The third-order valence-electron chi connectivity index (χ3n) is 7.06. The van der Waals surface area contributed by atoms with Crippen LogP contribution in [0.1, 0.15) is 56.6 Å². The largest absolute Gasteiger partial charge is 0.488 e. The molecule has 1 N–H and O–H groups in total. The van der Waals surface area contributed by atoms with Crippen molar-refractivity contribution >= 4 is 26.6 Å². The van der Waals surface area contributed by atoms with E-state index >= 15 is 0 Å².